The van der Waals surface area contributed by atoms with E-state index in [0.717, 1.165) is 11.1 Å². The number of hydrogen-bond acceptors (Lipinski definition) is 4. The van der Waals surface area contributed by atoms with Crippen molar-refractivity contribution in [3.05, 3.63) is 71.8 Å². The normalized spacial score (nSPS) is 14.1. The number of rotatable bonds is 11. The number of hydrogen-bond donors (Lipinski definition) is 3. The standard InChI is InChI=1S/C26H38N2O4/c1-25(2,3)28(24(30)31)22(16-20-12-8-6-9-13-20)23(29)17-27-26(4,5)19-32-18-21-14-10-7-11-15-21/h6-15,22-23,27,29H,16-19H2,1-5H3,(H,30,31)/t22-,23+/m0/s1. The maximum Gasteiger partial charge on any atom is 0.408 e. The summed E-state index contributed by atoms with van der Waals surface area (Å²) < 4.78 is 5.86. The van der Waals surface area contributed by atoms with Gasteiger partial charge in [0.1, 0.15) is 0 Å². The summed E-state index contributed by atoms with van der Waals surface area (Å²) in [7, 11) is 0. The van der Waals surface area contributed by atoms with Crippen LogP contribution in [-0.2, 0) is 17.8 Å². The van der Waals surface area contributed by atoms with Crippen LogP contribution in [0.15, 0.2) is 60.7 Å². The molecule has 0 heterocycles. The molecule has 2 aromatic carbocycles. The Balaban J connectivity index is 2.04. The molecule has 1 amide bonds. The number of β-amino-alcohol motifs (C(OH)–C–C–N with tert-alkyl or cyclic N) is 1. The Kier molecular flexibility index (Phi) is 9.25. The van der Waals surface area contributed by atoms with Crippen LogP contribution in [0, 0.1) is 0 Å². The highest BCUT2D eigenvalue weighted by atomic mass is 16.5. The molecular formula is C26H38N2O4. The lowest BCUT2D eigenvalue weighted by Crippen LogP contribution is -2.59. The van der Waals surface area contributed by atoms with Crippen LogP contribution < -0.4 is 5.32 Å². The number of carbonyl (C=O) groups is 1. The summed E-state index contributed by atoms with van der Waals surface area (Å²) in [6.45, 7) is 10.8. The van der Waals surface area contributed by atoms with Gasteiger partial charge >= 0.3 is 6.09 Å². The van der Waals surface area contributed by atoms with E-state index in [4.69, 9.17) is 4.74 Å². The Morgan fingerprint density at radius 2 is 1.50 bits per heavy atom. The molecule has 3 N–H and O–H groups in total. The summed E-state index contributed by atoms with van der Waals surface area (Å²) in [5.74, 6) is 0. The third kappa shape index (κ3) is 8.26. The van der Waals surface area contributed by atoms with Gasteiger partial charge in [-0.15, -0.1) is 0 Å². The third-order valence-corrected chi connectivity index (χ3v) is 5.36. The monoisotopic (exact) mass is 442 g/mol. The van der Waals surface area contributed by atoms with Crippen molar-refractivity contribution in [1.29, 1.82) is 0 Å². The number of aliphatic hydroxyl groups is 1. The van der Waals surface area contributed by atoms with E-state index in [1.54, 1.807) is 0 Å². The molecule has 0 saturated heterocycles. The van der Waals surface area contributed by atoms with E-state index in [0.29, 0.717) is 19.6 Å². The van der Waals surface area contributed by atoms with Crippen LogP contribution in [0.1, 0.15) is 45.7 Å². The first kappa shape index (κ1) is 25.8. The molecule has 0 aliphatic heterocycles. The fourth-order valence-corrected chi connectivity index (χ4v) is 3.75. The molecule has 0 aliphatic carbocycles. The highest BCUT2D eigenvalue weighted by Crippen LogP contribution is 2.23. The van der Waals surface area contributed by atoms with Crippen molar-refractivity contribution in [2.75, 3.05) is 13.2 Å². The van der Waals surface area contributed by atoms with Gasteiger partial charge in [-0.25, -0.2) is 4.79 Å². The van der Waals surface area contributed by atoms with Crippen molar-refractivity contribution < 1.29 is 19.7 Å². The number of benzene rings is 2. The predicted octanol–water partition coefficient (Wildman–Crippen LogP) is 4.32. The quantitative estimate of drug-likeness (QED) is 0.483. The van der Waals surface area contributed by atoms with Crippen molar-refractivity contribution >= 4 is 6.09 Å². The minimum Gasteiger partial charge on any atom is -0.465 e. The van der Waals surface area contributed by atoms with Crippen LogP contribution in [0.3, 0.4) is 0 Å². The van der Waals surface area contributed by atoms with Crippen molar-refractivity contribution in [3.8, 4) is 0 Å². The molecule has 0 radical (unpaired) electrons. The van der Waals surface area contributed by atoms with Gasteiger partial charge in [0.05, 0.1) is 25.4 Å². The number of ether oxygens (including phenoxy) is 1. The number of aliphatic hydroxyl groups excluding tert-OH is 1. The van der Waals surface area contributed by atoms with Crippen molar-refractivity contribution in [1.82, 2.24) is 10.2 Å². The van der Waals surface area contributed by atoms with E-state index in [9.17, 15) is 15.0 Å². The summed E-state index contributed by atoms with van der Waals surface area (Å²) in [4.78, 5) is 13.5. The molecule has 0 unspecified atom stereocenters. The maximum absolute atomic E-state index is 12.1. The van der Waals surface area contributed by atoms with Crippen molar-refractivity contribution in [2.45, 2.75) is 70.9 Å². The number of nitrogens with zero attached hydrogens (tertiary/aromatic N) is 1. The molecule has 0 fully saturated rings. The highest BCUT2D eigenvalue weighted by molar-refractivity contribution is 5.66. The van der Waals surface area contributed by atoms with Crippen LogP contribution in [-0.4, -0.2) is 57.6 Å². The Morgan fingerprint density at radius 1 is 0.969 bits per heavy atom. The van der Waals surface area contributed by atoms with Gasteiger partial charge in [-0.05, 0) is 52.2 Å². The summed E-state index contributed by atoms with van der Waals surface area (Å²) in [5.41, 5.74) is 1.05. The lowest BCUT2D eigenvalue weighted by Gasteiger charge is -2.42. The minimum absolute atomic E-state index is 0.249. The van der Waals surface area contributed by atoms with E-state index in [2.05, 4.69) is 5.32 Å². The van der Waals surface area contributed by atoms with Crippen LogP contribution in [0.5, 0.6) is 0 Å². The van der Waals surface area contributed by atoms with Crippen LogP contribution in [0.4, 0.5) is 4.79 Å². The molecule has 6 heteroatoms. The molecule has 32 heavy (non-hydrogen) atoms. The number of nitrogens with one attached hydrogen (secondary N) is 1. The van der Waals surface area contributed by atoms with Gasteiger partial charge in [-0.2, -0.15) is 0 Å². The largest absolute Gasteiger partial charge is 0.465 e. The van der Waals surface area contributed by atoms with E-state index in [-0.39, 0.29) is 12.1 Å². The topological polar surface area (TPSA) is 82.0 Å². The van der Waals surface area contributed by atoms with E-state index in [1.807, 2.05) is 95.3 Å². The lowest BCUT2D eigenvalue weighted by molar-refractivity contribution is 0.00130. The molecule has 2 rings (SSSR count). The number of carboxylic acid groups (broad SMARTS) is 1. The second kappa shape index (κ2) is 11.5. The van der Waals surface area contributed by atoms with Gasteiger partial charge in [0.15, 0.2) is 0 Å². The molecule has 6 nitrogen and oxygen atoms in total. The Labute approximate surface area is 192 Å². The fraction of sp³-hybridized carbons (Fsp3) is 0.500. The first-order chi connectivity index (χ1) is 15.0. The first-order valence-corrected chi connectivity index (χ1v) is 11.1. The molecule has 0 aromatic heterocycles. The summed E-state index contributed by atoms with van der Waals surface area (Å²) >= 11 is 0. The van der Waals surface area contributed by atoms with Crippen molar-refractivity contribution in [3.63, 3.8) is 0 Å². The van der Waals surface area contributed by atoms with E-state index in [1.165, 1.54) is 4.90 Å². The molecule has 0 saturated carbocycles. The average molecular weight is 443 g/mol. The van der Waals surface area contributed by atoms with Gasteiger partial charge < -0.3 is 20.3 Å². The molecule has 176 valence electrons. The third-order valence-electron chi connectivity index (χ3n) is 5.36. The SMILES string of the molecule is CC(C)(COCc1ccccc1)NC[C@@H](O)[C@H](Cc1ccccc1)N(C(=O)O)C(C)(C)C. The van der Waals surface area contributed by atoms with Crippen LogP contribution in [0.2, 0.25) is 0 Å². The lowest BCUT2D eigenvalue weighted by atomic mass is 9.94. The average Bonchev–Trinajstić information content (AvgIpc) is 2.72. The zero-order valence-electron chi connectivity index (χ0n) is 19.9. The second-order valence-corrected chi connectivity index (χ2v) is 9.89. The highest BCUT2D eigenvalue weighted by Gasteiger charge is 2.37. The maximum atomic E-state index is 12.1. The summed E-state index contributed by atoms with van der Waals surface area (Å²) in [5, 5.41) is 24.4. The first-order valence-electron chi connectivity index (χ1n) is 11.1. The molecule has 0 aliphatic rings. The van der Waals surface area contributed by atoms with Crippen LogP contribution >= 0.6 is 0 Å². The Hall–Kier alpha value is -2.41. The summed E-state index contributed by atoms with van der Waals surface area (Å²) in [6.07, 6.45) is -1.50. The molecular weight excluding hydrogens is 404 g/mol. The zero-order chi connectivity index (χ0) is 23.8. The van der Waals surface area contributed by atoms with Crippen LogP contribution in [0.25, 0.3) is 0 Å². The molecule has 0 bridgehead atoms. The minimum atomic E-state index is -1.04. The second-order valence-electron chi connectivity index (χ2n) is 9.89. The smallest absolute Gasteiger partial charge is 0.408 e. The molecule has 2 aromatic rings. The number of amides is 1. The van der Waals surface area contributed by atoms with Gasteiger partial charge in [-0.1, -0.05) is 60.7 Å². The van der Waals surface area contributed by atoms with Gasteiger partial charge in [0.2, 0.25) is 0 Å². The van der Waals surface area contributed by atoms with E-state index < -0.39 is 23.8 Å². The van der Waals surface area contributed by atoms with Crippen molar-refractivity contribution in [2.24, 2.45) is 0 Å². The predicted molar refractivity (Wildman–Crippen MR) is 128 cm³/mol. The Bertz CT molecular complexity index is 819. The van der Waals surface area contributed by atoms with E-state index >= 15 is 0 Å². The Morgan fingerprint density at radius 3 is 2.00 bits per heavy atom. The van der Waals surface area contributed by atoms with Gasteiger partial charge in [0, 0.05) is 17.6 Å². The molecule has 0 spiro atoms. The zero-order valence-corrected chi connectivity index (χ0v) is 19.9. The fourth-order valence-electron chi connectivity index (χ4n) is 3.75. The summed E-state index contributed by atoms with van der Waals surface area (Å²) in [6, 6.07) is 19.1. The molecule has 2 atom stereocenters. The van der Waals surface area contributed by atoms with Gasteiger partial charge in [0.25, 0.3) is 0 Å². The van der Waals surface area contributed by atoms with Gasteiger partial charge in [-0.3, -0.25) is 4.90 Å².